The smallest absolute Gasteiger partial charge is 0.329 e. The lowest BCUT2D eigenvalue weighted by Gasteiger charge is -2.00. The first kappa shape index (κ1) is 12.6. The van der Waals surface area contributed by atoms with Crippen molar-refractivity contribution in [2.24, 2.45) is 0 Å². The predicted octanol–water partition coefficient (Wildman–Crippen LogP) is 0.800. The van der Waals surface area contributed by atoms with E-state index in [-0.39, 0.29) is 6.61 Å². The lowest BCUT2D eigenvalue weighted by atomic mass is 10.4. The van der Waals surface area contributed by atoms with Gasteiger partial charge in [0, 0.05) is 4.88 Å². The van der Waals surface area contributed by atoms with E-state index in [0.29, 0.717) is 5.13 Å². The molecule has 0 fully saturated rings. The summed E-state index contributed by atoms with van der Waals surface area (Å²) in [6, 6.07) is 0. The van der Waals surface area contributed by atoms with Gasteiger partial charge >= 0.3 is 5.97 Å². The van der Waals surface area contributed by atoms with E-state index in [2.05, 4.69) is 15.0 Å². The van der Waals surface area contributed by atoms with Gasteiger partial charge in [-0.25, -0.2) is 9.78 Å². The SMILES string of the molecule is Cc1nc(NC(=O)COCC(=O)O)sc1C. The Morgan fingerprint density at radius 3 is 2.62 bits per heavy atom. The number of ether oxygens (including phenoxy) is 1. The number of anilines is 1. The summed E-state index contributed by atoms with van der Waals surface area (Å²) in [5, 5.41) is 11.3. The quantitative estimate of drug-likeness (QED) is 0.799. The lowest BCUT2D eigenvalue weighted by Crippen LogP contribution is -2.20. The maximum atomic E-state index is 11.3. The van der Waals surface area contributed by atoms with Crippen molar-refractivity contribution in [1.29, 1.82) is 0 Å². The van der Waals surface area contributed by atoms with Crippen molar-refractivity contribution in [2.75, 3.05) is 18.5 Å². The zero-order valence-electron chi connectivity index (χ0n) is 8.94. The molecule has 1 aromatic heterocycles. The van der Waals surface area contributed by atoms with Gasteiger partial charge in [-0.15, -0.1) is 11.3 Å². The average Bonchev–Trinajstić information content (AvgIpc) is 2.44. The van der Waals surface area contributed by atoms with Crippen LogP contribution in [0.3, 0.4) is 0 Å². The van der Waals surface area contributed by atoms with Crippen molar-refractivity contribution in [3.05, 3.63) is 10.6 Å². The van der Waals surface area contributed by atoms with E-state index in [1.807, 2.05) is 13.8 Å². The number of amides is 1. The molecule has 0 unspecified atom stereocenters. The minimum absolute atomic E-state index is 0.288. The number of aromatic nitrogens is 1. The minimum atomic E-state index is -1.10. The van der Waals surface area contributed by atoms with Gasteiger partial charge in [-0.3, -0.25) is 10.1 Å². The van der Waals surface area contributed by atoms with Crippen LogP contribution in [0.2, 0.25) is 0 Å². The van der Waals surface area contributed by atoms with Crippen molar-refractivity contribution >= 4 is 28.3 Å². The Labute approximate surface area is 96.3 Å². The molecule has 0 saturated carbocycles. The van der Waals surface area contributed by atoms with E-state index < -0.39 is 18.5 Å². The molecule has 16 heavy (non-hydrogen) atoms. The number of carbonyl (C=O) groups is 2. The van der Waals surface area contributed by atoms with Crippen molar-refractivity contribution in [2.45, 2.75) is 13.8 Å². The molecule has 0 aliphatic carbocycles. The van der Waals surface area contributed by atoms with Gasteiger partial charge in [0.25, 0.3) is 5.91 Å². The van der Waals surface area contributed by atoms with Crippen molar-refractivity contribution < 1.29 is 19.4 Å². The largest absolute Gasteiger partial charge is 0.480 e. The third-order valence-electron chi connectivity index (χ3n) is 1.73. The Balaban J connectivity index is 2.37. The number of carboxylic acids is 1. The zero-order valence-corrected chi connectivity index (χ0v) is 9.76. The number of nitrogens with one attached hydrogen (secondary N) is 1. The molecule has 1 rings (SSSR count). The average molecular weight is 244 g/mol. The van der Waals surface area contributed by atoms with Gasteiger partial charge in [-0.05, 0) is 13.8 Å². The monoisotopic (exact) mass is 244 g/mol. The Morgan fingerprint density at radius 1 is 1.44 bits per heavy atom. The molecule has 1 heterocycles. The number of rotatable bonds is 5. The Bertz CT molecular complexity index is 383. The first-order valence-electron chi connectivity index (χ1n) is 4.52. The van der Waals surface area contributed by atoms with E-state index in [4.69, 9.17) is 5.11 Å². The highest BCUT2D eigenvalue weighted by molar-refractivity contribution is 7.15. The maximum absolute atomic E-state index is 11.3. The van der Waals surface area contributed by atoms with Gasteiger partial charge < -0.3 is 9.84 Å². The van der Waals surface area contributed by atoms with Crippen molar-refractivity contribution in [3.63, 3.8) is 0 Å². The van der Waals surface area contributed by atoms with Crippen LogP contribution in [0.15, 0.2) is 0 Å². The van der Waals surface area contributed by atoms with Crippen LogP contribution < -0.4 is 5.32 Å². The number of aliphatic carboxylic acids is 1. The number of hydrogen-bond acceptors (Lipinski definition) is 5. The molecule has 0 atom stereocenters. The summed E-state index contributed by atoms with van der Waals surface area (Å²) >= 11 is 1.37. The van der Waals surface area contributed by atoms with Crippen LogP contribution in [0.5, 0.6) is 0 Å². The molecule has 1 aromatic rings. The summed E-state index contributed by atoms with van der Waals surface area (Å²) in [6.07, 6.45) is 0. The molecule has 6 nitrogen and oxygen atoms in total. The number of thiazole rings is 1. The van der Waals surface area contributed by atoms with Crippen LogP contribution in [0.25, 0.3) is 0 Å². The van der Waals surface area contributed by atoms with Gasteiger partial charge in [-0.2, -0.15) is 0 Å². The normalized spacial score (nSPS) is 10.1. The Kier molecular flexibility index (Phi) is 4.39. The molecule has 0 aliphatic rings. The number of nitrogens with zero attached hydrogens (tertiary/aromatic N) is 1. The van der Waals surface area contributed by atoms with Crippen molar-refractivity contribution in [3.8, 4) is 0 Å². The van der Waals surface area contributed by atoms with Crippen LogP contribution >= 0.6 is 11.3 Å². The summed E-state index contributed by atoms with van der Waals surface area (Å²) in [7, 11) is 0. The van der Waals surface area contributed by atoms with Gasteiger partial charge in [0.05, 0.1) is 5.69 Å². The first-order chi connectivity index (χ1) is 7.49. The third kappa shape index (κ3) is 3.95. The summed E-state index contributed by atoms with van der Waals surface area (Å²) in [4.78, 5) is 26.5. The molecule has 88 valence electrons. The number of carbonyl (C=O) groups excluding carboxylic acids is 1. The highest BCUT2D eigenvalue weighted by Gasteiger charge is 2.08. The molecule has 0 bridgehead atoms. The molecular weight excluding hydrogens is 232 g/mol. The second-order valence-corrected chi connectivity index (χ2v) is 4.30. The summed E-state index contributed by atoms with van der Waals surface area (Å²) in [5.41, 5.74) is 0.867. The molecule has 0 spiro atoms. The highest BCUT2D eigenvalue weighted by atomic mass is 32.1. The van der Waals surface area contributed by atoms with Crippen LogP contribution in [-0.2, 0) is 14.3 Å². The predicted molar refractivity (Wildman–Crippen MR) is 58.7 cm³/mol. The number of hydrogen-bond donors (Lipinski definition) is 2. The molecule has 0 saturated heterocycles. The molecule has 0 radical (unpaired) electrons. The summed E-state index contributed by atoms with van der Waals surface area (Å²) in [6.45, 7) is 2.99. The standard InChI is InChI=1S/C9H12N2O4S/c1-5-6(2)16-9(10-5)11-7(12)3-15-4-8(13)14/h3-4H2,1-2H3,(H,13,14)(H,10,11,12). The van der Waals surface area contributed by atoms with Crippen LogP contribution in [0.4, 0.5) is 5.13 Å². The maximum Gasteiger partial charge on any atom is 0.329 e. The Morgan fingerprint density at radius 2 is 2.12 bits per heavy atom. The summed E-state index contributed by atoms with van der Waals surface area (Å²) < 4.78 is 4.63. The molecule has 1 amide bonds. The van der Waals surface area contributed by atoms with Crippen LogP contribution in [0, 0.1) is 13.8 Å². The van der Waals surface area contributed by atoms with E-state index >= 15 is 0 Å². The van der Waals surface area contributed by atoms with Crippen molar-refractivity contribution in [1.82, 2.24) is 4.98 Å². The number of aryl methyl sites for hydroxylation is 2. The van der Waals surface area contributed by atoms with E-state index in [9.17, 15) is 9.59 Å². The van der Waals surface area contributed by atoms with E-state index in [1.54, 1.807) is 0 Å². The Hall–Kier alpha value is -1.47. The fraction of sp³-hybridized carbons (Fsp3) is 0.444. The lowest BCUT2D eigenvalue weighted by molar-refractivity contribution is -0.143. The second-order valence-electron chi connectivity index (χ2n) is 3.10. The van der Waals surface area contributed by atoms with Crippen LogP contribution in [-0.4, -0.2) is 35.2 Å². The summed E-state index contributed by atoms with van der Waals surface area (Å²) in [5.74, 6) is -1.51. The van der Waals surface area contributed by atoms with Gasteiger partial charge in [-0.1, -0.05) is 0 Å². The molecule has 0 aliphatic heterocycles. The number of carboxylic acid groups (broad SMARTS) is 1. The molecule has 7 heteroatoms. The van der Waals surface area contributed by atoms with E-state index in [0.717, 1.165) is 10.6 Å². The molecule has 2 N–H and O–H groups in total. The topological polar surface area (TPSA) is 88.5 Å². The minimum Gasteiger partial charge on any atom is -0.480 e. The molecular formula is C9H12N2O4S. The zero-order chi connectivity index (χ0) is 12.1. The second kappa shape index (κ2) is 5.57. The molecule has 0 aromatic carbocycles. The first-order valence-corrected chi connectivity index (χ1v) is 5.34. The fourth-order valence-electron chi connectivity index (χ4n) is 0.913. The van der Waals surface area contributed by atoms with Gasteiger partial charge in [0.1, 0.15) is 13.2 Å². The fourth-order valence-corrected chi connectivity index (χ4v) is 1.74. The van der Waals surface area contributed by atoms with Crippen LogP contribution in [0.1, 0.15) is 10.6 Å². The van der Waals surface area contributed by atoms with Gasteiger partial charge in [0.15, 0.2) is 5.13 Å². The highest BCUT2D eigenvalue weighted by Crippen LogP contribution is 2.20. The third-order valence-corrected chi connectivity index (χ3v) is 2.72. The van der Waals surface area contributed by atoms with E-state index in [1.165, 1.54) is 11.3 Å². The van der Waals surface area contributed by atoms with Gasteiger partial charge in [0.2, 0.25) is 0 Å².